The van der Waals surface area contributed by atoms with Gasteiger partial charge in [0, 0.05) is 67.7 Å². The van der Waals surface area contributed by atoms with Crippen LogP contribution in [0.1, 0.15) is 81.6 Å². The maximum absolute atomic E-state index is 16.0. The van der Waals surface area contributed by atoms with Crippen LogP contribution in [0.4, 0.5) is 26.7 Å². The fourth-order valence-corrected chi connectivity index (χ4v) is 10.5. The van der Waals surface area contributed by atoms with Crippen LogP contribution in [0.5, 0.6) is 5.75 Å². The molecule has 16 nitrogen and oxygen atoms in total. The number of piperidine rings is 2. The van der Waals surface area contributed by atoms with E-state index in [1.165, 1.54) is 11.3 Å². The molecule has 1 unspecified atom stereocenters. The fourth-order valence-electron chi connectivity index (χ4n) is 9.68. The molecular weight excluding hydrogens is 926 g/mol. The van der Waals surface area contributed by atoms with Crippen molar-refractivity contribution in [3.05, 3.63) is 125 Å². The molecule has 18 heteroatoms. The standard InChI is InChI=1S/C53H54FN9O7S/c1-31-27-34(70-26-6-20-53(54)21-24-62(25-22-53)30-46(65)57-33-11-13-38(42(28-33)56-2)47(55)39-16-18-45(64)60-50(39)67)12-14-35(31)36-15-17-44(59-48(36)51(68)69)63-23-19-32-7-5-8-37(40(32)29-63)49(66)61-52-58-41-9-3-4-10-43(41)71-52/h3-5,7-15,17,27-28,39,55-56H,6,16,18-26,29-30H2,1-2H3,(H,57,65)(H,68,69)(H,58,61,66)(H,60,64,67). The van der Waals surface area contributed by atoms with Crippen molar-refractivity contribution in [1.82, 2.24) is 20.2 Å². The molecular formula is C53H54FN9O7S. The van der Waals surface area contributed by atoms with E-state index < -0.39 is 23.5 Å². The van der Waals surface area contributed by atoms with E-state index in [1.54, 1.807) is 43.4 Å². The lowest BCUT2D eigenvalue weighted by molar-refractivity contribution is -0.134. The Kier molecular flexibility index (Phi) is 14.2. The third-order valence-electron chi connectivity index (χ3n) is 13.5. The molecule has 3 aliphatic heterocycles. The zero-order valence-corrected chi connectivity index (χ0v) is 40.2. The summed E-state index contributed by atoms with van der Waals surface area (Å²) < 4.78 is 23.0. The van der Waals surface area contributed by atoms with Crippen molar-refractivity contribution in [3.63, 3.8) is 0 Å². The number of carbonyl (C=O) groups is 5. The van der Waals surface area contributed by atoms with Gasteiger partial charge in [0.15, 0.2) is 10.8 Å². The Morgan fingerprint density at radius 2 is 1.73 bits per heavy atom. The lowest BCUT2D eigenvalue weighted by atomic mass is 9.88. The van der Waals surface area contributed by atoms with Crippen LogP contribution in [0.15, 0.2) is 91.0 Å². The van der Waals surface area contributed by atoms with Crippen LogP contribution < -0.4 is 30.9 Å². The number of fused-ring (bicyclic) bond motifs is 2. The highest BCUT2D eigenvalue weighted by Gasteiger charge is 2.35. The molecule has 4 aromatic carbocycles. The Labute approximate surface area is 413 Å². The molecule has 2 saturated heterocycles. The normalized spacial score (nSPS) is 16.7. The number of carbonyl (C=O) groups excluding carboxylic acids is 4. The second-order valence-electron chi connectivity index (χ2n) is 18.3. The molecule has 0 bridgehead atoms. The van der Waals surface area contributed by atoms with Crippen LogP contribution >= 0.6 is 11.3 Å². The number of pyridine rings is 1. The Hall–Kier alpha value is -7.57. The first-order valence-corrected chi connectivity index (χ1v) is 24.5. The Bertz CT molecular complexity index is 3050. The number of carboxylic acids is 1. The summed E-state index contributed by atoms with van der Waals surface area (Å²) in [5.41, 5.74) is 5.40. The van der Waals surface area contributed by atoms with E-state index in [9.17, 15) is 29.1 Å². The fraction of sp³-hybridized carbons (Fsp3) is 0.321. The van der Waals surface area contributed by atoms with Gasteiger partial charge in [-0.1, -0.05) is 41.7 Å². The van der Waals surface area contributed by atoms with Gasteiger partial charge < -0.3 is 30.8 Å². The minimum atomic E-state index is -1.39. The summed E-state index contributed by atoms with van der Waals surface area (Å²) in [6.07, 6.45) is 2.43. The summed E-state index contributed by atoms with van der Waals surface area (Å²) in [4.78, 5) is 76.4. The first-order chi connectivity index (χ1) is 34.2. The van der Waals surface area contributed by atoms with Gasteiger partial charge in [-0.2, -0.15) is 0 Å². The Morgan fingerprint density at radius 1 is 0.930 bits per heavy atom. The largest absolute Gasteiger partial charge is 0.494 e. The summed E-state index contributed by atoms with van der Waals surface area (Å²) in [5.74, 6) is -2.17. The van der Waals surface area contributed by atoms with Gasteiger partial charge in [-0.05, 0) is 128 Å². The molecule has 6 aromatic rings. The number of nitrogens with one attached hydrogen (secondary N) is 5. The van der Waals surface area contributed by atoms with Crippen LogP contribution in [0.2, 0.25) is 0 Å². The van der Waals surface area contributed by atoms with Gasteiger partial charge in [0.25, 0.3) is 5.91 Å². The van der Waals surface area contributed by atoms with Gasteiger partial charge in [-0.15, -0.1) is 0 Å². The van der Waals surface area contributed by atoms with E-state index in [2.05, 4.69) is 31.2 Å². The molecule has 71 heavy (non-hydrogen) atoms. The van der Waals surface area contributed by atoms with Crippen LogP contribution in [-0.4, -0.2) is 101 Å². The first-order valence-electron chi connectivity index (χ1n) is 23.7. The zero-order valence-electron chi connectivity index (χ0n) is 39.4. The third-order valence-corrected chi connectivity index (χ3v) is 14.5. The molecule has 0 radical (unpaired) electrons. The summed E-state index contributed by atoms with van der Waals surface area (Å²) >= 11 is 1.41. The van der Waals surface area contributed by atoms with Gasteiger partial charge in [0.05, 0.1) is 35.0 Å². The number of thiazole rings is 1. The molecule has 2 fully saturated rings. The van der Waals surface area contributed by atoms with Crippen LogP contribution in [-0.2, 0) is 27.3 Å². The highest BCUT2D eigenvalue weighted by molar-refractivity contribution is 7.22. The van der Waals surface area contributed by atoms with Crippen molar-refractivity contribution in [3.8, 4) is 16.9 Å². The number of amides is 4. The Morgan fingerprint density at radius 3 is 2.49 bits per heavy atom. The molecule has 0 spiro atoms. The van der Waals surface area contributed by atoms with E-state index in [-0.39, 0.29) is 68.0 Å². The topological polar surface area (TPSA) is 219 Å². The van der Waals surface area contributed by atoms with Gasteiger partial charge in [-0.25, -0.2) is 19.2 Å². The minimum Gasteiger partial charge on any atom is -0.494 e. The van der Waals surface area contributed by atoms with Crippen molar-refractivity contribution in [2.75, 3.05) is 60.7 Å². The molecule has 1 atom stereocenters. The number of aromatic nitrogens is 2. The summed E-state index contributed by atoms with van der Waals surface area (Å²) in [7, 11) is 1.69. The average Bonchev–Trinajstić information content (AvgIpc) is 3.78. The predicted molar refractivity (Wildman–Crippen MR) is 272 cm³/mol. The average molecular weight is 980 g/mol. The smallest absolute Gasteiger partial charge is 0.355 e. The number of alkyl halides is 1. The molecule has 9 rings (SSSR count). The number of imide groups is 1. The number of para-hydroxylation sites is 1. The molecule has 0 aliphatic carbocycles. The SMILES string of the molecule is CNc1cc(NC(=O)CN2CCC(F)(CCCOc3ccc(-c4ccc(N5CCc6cccc(C(=O)Nc7nc8ccccc8s7)c6C5)nc4C(=O)O)c(C)c3)CC2)ccc1C(=N)C1CCC(=O)NC1=O. The van der Waals surface area contributed by atoms with Crippen LogP contribution in [0, 0.1) is 18.3 Å². The maximum atomic E-state index is 16.0. The number of benzene rings is 4. The van der Waals surface area contributed by atoms with Crippen molar-refractivity contribution in [2.45, 2.75) is 64.1 Å². The number of hydrogen-bond acceptors (Lipinski definition) is 13. The summed E-state index contributed by atoms with van der Waals surface area (Å²) in [6.45, 7) is 4.06. The van der Waals surface area contributed by atoms with Crippen molar-refractivity contribution in [1.29, 1.82) is 5.41 Å². The van der Waals surface area contributed by atoms with Gasteiger partial charge in [0.2, 0.25) is 17.7 Å². The number of likely N-dealkylation sites (tertiary alicyclic amines) is 1. The predicted octanol–water partition coefficient (Wildman–Crippen LogP) is 8.24. The summed E-state index contributed by atoms with van der Waals surface area (Å²) in [5, 5.41) is 30.7. The highest BCUT2D eigenvalue weighted by atomic mass is 32.1. The molecule has 6 N–H and O–H groups in total. The van der Waals surface area contributed by atoms with Gasteiger partial charge in [0.1, 0.15) is 17.2 Å². The van der Waals surface area contributed by atoms with E-state index in [0.717, 1.165) is 26.9 Å². The molecule has 366 valence electrons. The monoisotopic (exact) mass is 979 g/mol. The highest BCUT2D eigenvalue weighted by Crippen LogP contribution is 2.35. The first kappa shape index (κ1) is 48.5. The molecule has 3 aliphatic rings. The lowest BCUT2D eigenvalue weighted by Crippen LogP contribution is -2.44. The van der Waals surface area contributed by atoms with Crippen molar-refractivity contribution in [2.24, 2.45) is 5.92 Å². The number of carboxylic acid groups (broad SMARTS) is 1. The molecule has 2 aromatic heterocycles. The molecule has 0 saturated carbocycles. The van der Waals surface area contributed by atoms with Crippen molar-refractivity contribution < 1.29 is 38.2 Å². The Balaban J connectivity index is 0.749. The van der Waals surface area contributed by atoms with Crippen LogP contribution in [0.25, 0.3) is 21.3 Å². The summed E-state index contributed by atoms with van der Waals surface area (Å²) in [6, 6.07) is 27.5. The van der Waals surface area contributed by atoms with E-state index in [0.29, 0.717) is 95.8 Å². The number of aromatic carboxylic acids is 1. The van der Waals surface area contributed by atoms with Gasteiger partial charge in [-0.3, -0.25) is 34.7 Å². The zero-order chi connectivity index (χ0) is 49.8. The number of ether oxygens (including phenoxy) is 1. The lowest BCUT2D eigenvalue weighted by Gasteiger charge is -2.36. The number of anilines is 4. The number of nitrogens with zero attached hydrogens (tertiary/aromatic N) is 4. The quantitative estimate of drug-likeness (QED) is 0.0307. The number of hydrogen-bond donors (Lipinski definition) is 6. The maximum Gasteiger partial charge on any atom is 0.355 e. The number of rotatable bonds is 16. The van der Waals surface area contributed by atoms with Crippen LogP contribution in [0.3, 0.4) is 0 Å². The van der Waals surface area contributed by atoms with E-state index in [4.69, 9.17) is 10.1 Å². The minimum absolute atomic E-state index is 0.0899. The second kappa shape index (κ2) is 20.8. The van der Waals surface area contributed by atoms with E-state index in [1.807, 2.05) is 71.3 Å². The molecule has 5 heterocycles. The third kappa shape index (κ3) is 10.9. The molecule has 4 amide bonds. The van der Waals surface area contributed by atoms with E-state index >= 15 is 4.39 Å². The van der Waals surface area contributed by atoms with Crippen molar-refractivity contribution >= 4 is 79.2 Å². The number of aryl methyl sites for hydroxylation is 1. The van der Waals surface area contributed by atoms with Gasteiger partial charge >= 0.3 is 5.97 Å². The second-order valence-corrected chi connectivity index (χ2v) is 19.3. The number of halogens is 1.